The van der Waals surface area contributed by atoms with Crippen molar-refractivity contribution in [1.29, 1.82) is 0 Å². The standard InChI is InChI=1S/C12H16ClNO3/c1-4-17-11-6-5-9(13)7-10(11)14-8(2)12(15)16-3/h5-8,14H,4H2,1-3H3. The molecule has 0 saturated carbocycles. The summed E-state index contributed by atoms with van der Waals surface area (Å²) in [6, 6.07) is 4.75. The molecule has 0 aliphatic rings. The molecule has 94 valence electrons. The molecule has 0 aromatic heterocycles. The van der Waals surface area contributed by atoms with Crippen molar-refractivity contribution >= 4 is 23.3 Å². The summed E-state index contributed by atoms with van der Waals surface area (Å²) in [5, 5.41) is 3.58. The lowest BCUT2D eigenvalue weighted by Crippen LogP contribution is -2.27. The number of ether oxygens (including phenoxy) is 2. The number of hydrogen-bond donors (Lipinski definition) is 1. The first kappa shape index (κ1) is 13.6. The summed E-state index contributed by atoms with van der Waals surface area (Å²) >= 11 is 5.90. The average Bonchev–Trinajstić information content (AvgIpc) is 2.31. The van der Waals surface area contributed by atoms with Crippen molar-refractivity contribution in [3.63, 3.8) is 0 Å². The predicted molar refractivity (Wildman–Crippen MR) is 67.7 cm³/mol. The second kappa shape index (κ2) is 6.35. The summed E-state index contributed by atoms with van der Waals surface area (Å²) in [7, 11) is 1.35. The SMILES string of the molecule is CCOc1ccc(Cl)cc1NC(C)C(=O)OC. The monoisotopic (exact) mass is 257 g/mol. The molecule has 1 rings (SSSR count). The molecular formula is C12H16ClNO3. The van der Waals surface area contributed by atoms with Crippen LogP contribution in [0.1, 0.15) is 13.8 Å². The van der Waals surface area contributed by atoms with Crippen molar-refractivity contribution in [2.24, 2.45) is 0 Å². The normalized spacial score (nSPS) is 11.8. The van der Waals surface area contributed by atoms with E-state index in [1.807, 2.05) is 6.92 Å². The Morgan fingerprint density at radius 1 is 1.53 bits per heavy atom. The first-order chi connectivity index (χ1) is 8.08. The molecule has 1 aromatic carbocycles. The zero-order valence-electron chi connectivity index (χ0n) is 10.1. The quantitative estimate of drug-likeness (QED) is 0.824. The van der Waals surface area contributed by atoms with Crippen molar-refractivity contribution in [1.82, 2.24) is 0 Å². The van der Waals surface area contributed by atoms with Gasteiger partial charge in [-0.05, 0) is 32.0 Å². The second-order valence-electron chi connectivity index (χ2n) is 3.46. The lowest BCUT2D eigenvalue weighted by Gasteiger charge is -2.16. The lowest BCUT2D eigenvalue weighted by atomic mass is 10.2. The van der Waals surface area contributed by atoms with E-state index in [9.17, 15) is 4.79 Å². The largest absolute Gasteiger partial charge is 0.492 e. The van der Waals surface area contributed by atoms with Gasteiger partial charge in [0.25, 0.3) is 0 Å². The molecule has 1 N–H and O–H groups in total. The maximum absolute atomic E-state index is 11.3. The topological polar surface area (TPSA) is 47.6 Å². The van der Waals surface area contributed by atoms with Gasteiger partial charge < -0.3 is 14.8 Å². The summed E-state index contributed by atoms with van der Waals surface area (Å²) in [6.07, 6.45) is 0. The molecule has 0 fully saturated rings. The molecule has 0 aliphatic carbocycles. The van der Waals surface area contributed by atoms with Crippen LogP contribution >= 0.6 is 11.6 Å². The third-order valence-electron chi connectivity index (χ3n) is 2.17. The summed E-state index contributed by atoms with van der Waals surface area (Å²) < 4.78 is 10.1. The van der Waals surface area contributed by atoms with E-state index in [4.69, 9.17) is 16.3 Å². The number of esters is 1. The minimum atomic E-state index is -0.460. The lowest BCUT2D eigenvalue weighted by molar-refractivity contribution is -0.141. The van der Waals surface area contributed by atoms with Gasteiger partial charge >= 0.3 is 5.97 Å². The highest BCUT2D eigenvalue weighted by Gasteiger charge is 2.15. The maximum atomic E-state index is 11.3. The second-order valence-corrected chi connectivity index (χ2v) is 3.90. The fourth-order valence-corrected chi connectivity index (χ4v) is 1.54. The molecule has 4 nitrogen and oxygen atoms in total. The highest BCUT2D eigenvalue weighted by molar-refractivity contribution is 6.30. The number of anilines is 1. The van der Waals surface area contributed by atoms with E-state index in [1.165, 1.54) is 7.11 Å². The summed E-state index contributed by atoms with van der Waals surface area (Å²) in [5.74, 6) is 0.320. The smallest absolute Gasteiger partial charge is 0.327 e. The van der Waals surface area contributed by atoms with Crippen LogP contribution in [0.25, 0.3) is 0 Å². The van der Waals surface area contributed by atoms with E-state index in [-0.39, 0.29) is 5.97 Å². The van der Waals surface area contributed by atoms with Gasteiger partial charge in [-0.2, -0.15) is 0 Å². The van der Waals surface area contributed by atoms with E-state index >= 15 is 0 Å². The van der Waals surface area contributed by atoms with Crippen molar-refractivity contribution in [3.8, 4) is 5.75 Å². The third-order valence-corrected chi connectivity index (χ3v) is 2.40. The van der Waals surface area contributed by atoms with Crippen LogP contribution in [0.15, 0.2) is 18.2 Å². The van der Waals surface area contributed by atoms with Crippen LogP contribution in [-0.2, 0) is 9.53 Å². The first-order valence-corrected chi connectivity index (χ1v) is 5.73. The predicted octanol–water partition coefficient (Wildman–Crippen LogP) is 2.71. The van der Waals surface area contributed by atoms with Crippen LogP contribution in [0.5, 0.6) is 5.75 Å². The number of halogens is 1. The molecule has 0 amide bonds. The molecule has 0 spiro atoms. The Bertz CT molecular complexity index is 395. The Morgan fingerprint density at radius 3 is 2.82 bits per heavy atom. The van der Waals surface area contributed by atoms with Gasteiger partial charge in [-0.25, -0.2) is 4.79 Å². The maximum Gasteiger partial charge on any atom is 0.327 e. The Balaban J connectivity index is 2.87. The molecule has 0 bridgehead atoms. The summed E-state index contributed by atoms with van der Waals surface area (Å²) in [6.45, 7) is 4.15. The Labute approximate surface area is 106 Å². The first-order valence-electron chi connectivity index (χ1n) is 5.35. The molecule has 1 aromatic rings. The molecule has 0 aliphatic heterocycles. The number of rotatable bonds is 5. The van der Waals surface area contributed by atoms with Crippen LogP contribution in [-0.4, -0.2) is 25.7 Å². The molecule has 1 unspecified atom stereocenters. The third kappa shape index (κ3) is 3.82. The minimum absolute atomic E-state index is 0.340. The molecule has 1 atom stereocenters. The Kier molecular flexibility index (Phi) is 5.10. The Hall–Kier alpha value is -1.42. The minimum Gasteiger partial charge on any atom is -0.492 e. The van der Waals surface area contributed by atoms with Crippen molar-refractivity contribution in [2.45, 2.75) is 19.9 Å². The fraction of sp³-hybridized carbons (Fsp3) is 0.417. The van der Waals surface area contributed by atoms with Crippen LogP contribution < -0.4 is 10.1 Å². The van der Waals surface area contributed by atoms with Crippen molar-refractivity contribution in [2.75, 3.05) is 19.0 Å². The van der Waals surface area contributed by atoms with Gasteiger partial charge in [0.1, 0.15) is 11.8 Å². The van der Waals surface area contributed by atoms with Gasteiger partial charge in [0, 0.05) is 5.02 Å². The van der Waals surface area contributed by atoms with Crippen molar-refractivity contribution in [3.05, 3.63) is 23.2 Å². The van der Waals surface area contributed by atoms with Gasteiger partial charge in [0.05, 0.1) is 19.4 Å². The van der Waals surface area contributed by atoms with Gasteiger partial charge in [0.15, 0.2) is 0 Å². The van der Waals surface area contributed by atoms with Gasteiger partial charge in [-0.1, -0.05) is 11.6 Å². The van der Waals surface area contributed by atoms with E-state index in [2.05, 4.69) is 10.1 Å². The van der Waals surface area contributed by atoms with Gasteiger partial charge in [0.2, 0.25) is 0 Å². The number of carbonyl (C=O) groups is 1. The molecule has 0 saturated heterocycles. The highest BCUT2D eigenvalue weighted by atomic mass is 35.5. The van der Waals surface area contributed by atoms with Crippen LogP contribution in [0.2, 0.25) is 5.02 Å². The molecule has 0 heterocycles. The number of carbonyl (C=O) groups excluding carboxylic acids is 1. The van der Waals surface area contributed by atoms with E-state index in [0.717, 1.165) is 0 Å². The number of methoxy groups -OCH3 is 1. The zero-order chi connectivity index (χ0) is 12.8. The molecule has 5 heteroatoms. The summed E-state index contributed by atoms with van der Waals surface area (Å²) in [5.41, 5.74) is 0.678. The average molecular weight is 258 g/mol. The van der Waals surface area contributed by atoms with Crippen molar-refractivity contribution < 1.29 is 14.3 Å². The van der Waals surface area contributed by atoms with Crippen LogP contribution in [0.4, 0.5) is 5.69 Å². The van der Waals surface area contributed by atoms with Crippen LogP contribution in [0, 0.1) is 0 Å². The van der Waals surface area contributed by atoms with Gasteiger partial charge in [-0.3, -0.25) is 0 Å². The molecule has 0 radical (unpaired) electrons. The van der Waals surface area contributed by atoms with E-state index < -0.39 is 6.04 Å². The van der Waals surface area contributed by atoms with E-state index in [0.29, 0.717) is 23.1 Å². The zero-order valence-corrected chi connectivity index (χ0v) is 10.9. The number of nitrogens with one attached hydrogen (secondary N) is 1. The highest BCUT2D eigenvalue weighted by Crippen LogP contribution is 2.28. The van der Waals surface area contributed by atoms with Crippen LogP contribution in [0.3, 0.4) is 0 Å². The summed E-state index contributed by atoms with van der Waals surface area (Å²) in [4.78, 5) is 11.3. The fourth-order valence-electron chi connectivity index (χ4n) is 1.37. The van der Waals surface area contributed by atoms with E-state index in [1.54, 1.807) is 25.1 Å². The number of benzene rings is 1. The molecular weight excluding hydrogens is 242 g/mol. The van der Waals surface area contributed by atoms with Gasteiger partial charge in [-0.15, -0.1) is 0 Å². The number of hydrogen-bond acceptors (Lipinski definition) is 4. The Morgan fingerprint density at radius 2 is 2.24 bits per heavy atom. The molecule has 17 heavy (non-hydrogen) atoms.